The van der Waals surface area contributed by atoms with Crippen molar-refractivity contribution in [2.75, 3.05) is 0 Å². The van der Waals surface area contributed by atoms with Crippen LogP contribution in [0.25, 0.3) is 0 Å². The number of hydrogen-bond acceptors (Lipinski definition) is 4. The Kier molecular flexibility index (Phi) is 4.26. The normalized spacial score (nSPS) is 26.2. The summed E-state index contributed by atoms with van der Waals surface area (Å²) in [6, 6.07) is 8.51. The van der Waals surface area contributed by atoms with E-state index in [1.807, 2.05) is 0 Å². The molecule has 0 spiro atoms. The third kappa shape index (κ3) is 2.64. The topological polar surface area (TPSA) is 48.7 Å². The number of ether oxygens (including phenoxy) is 2. The van der Waals surface area contributed by atoms with E-state index in [2.05, 4.69) is 13.9 Å². The summed E-state index contributed by atoms with van der Waals surface area (Å²) in [7, 11) is 0. The molecule has 2 heterocycles. The lowest BCUT2D eigenvalue weighted by Crippen LogP contribution is -2.67. The highest BCUT2D eigenvalue weighted by molar-refractivity contribution is 5.89. The van der Waals surface area contributed by atoms with Crippen LogP contribution in [0.4, 0.5) is 26.3 Å². The summed E-state index contributed by atoms with van der Waals surface area (Å²) in [4.78, 5) is 11.9. The number of carbonyl (C=O) groups excluding carboxylic acids is 1. The second-order valence-corrected chi connectivity index (χ2v) is 5.46. The summed E-state index contributed by atoms with van der Waals surface area (Å²) in [6.07, 6.45) is -5.24. The third-order valence-electron chi connectivity index (χ3n) is 3.75. The minimum atomic E-state index is -5.86. The monoisotopic (exact) mass is 380 g/mol. The van der Waals surface area contributed by atoms with Crippen LogP contribution in [0.5, 0.6) is 0 Å². The average Bonchev–Trinajstić information content (AvgIpc) is 3.11. The molecule has 0 amide bonds. The Morgan fingerprint density at radius 2 is 1.58 bits per heavy atom. The molecule has 1 aliphatic rings. The number of halogens is 6. The minimum Gasteiger partial charge on any atom is -0.466 e. The zero-order chi connectivity index (χ0) is 19.2. The third-order valence-corrected chi connectivity index (χ3v) is 3.75. The van der Waals surface area contributed by atoms with Gasteiger partial charge in [0.25, 0.3) is 6.29 Å². The van der Waals surface area contributed by atoms with E-state index < -0.39 is 41.9 Å². The molecule has 10 heteroatoms. The SMILES string of the molecule is O=C(O[C@H]1O[C@H](c2ccco2)C(F)(F)C(F)(F)C1(F)F)c1ccccc1. The van der Waals surface area contributed by atoms with Crippen LogP contribution in [0, 0.1) is 0 Å². The van der Waals surface area contributed by atoms with Gasteiger partial charge in [-0.2, -0.15) is 26.3 Å². The fourth-order valence-corrected chi connectivity index (χ4v) is 2.36. The minimum absolute atomic E-state index is 0.248. The Labute approximate surface area is 142 Å². The van der Waals surface area contributed by atoms with Crippen molar-refractivity contribution in [3.63, 3.8) is 0 Å². The molecule has 0 saturated carbocycles. The van der Waals surface area contributed by atoms with Crippen molar-refractivity contribution in [1.82, 2.24) is 0 Å². The van der Waals surface area contributed by atoms with Crippen LogP contribution in [0.1, 0.15) is 22.2 Å². The maximum absolute atomic E-state index is 14.0. The molecule has 0 unspecified atom stereocenters. The van der Waals surface area contributed by atoms with E-state index in [1.165, 1.54) is 30.3 Å². The van der Waals surface area contributed by atoms with E-state index in [4.69, 9.17) is 0 Å². The van der Waals surface area contributed by atoms with Crippen LogP contribution in [0.3, 0.4) is 0 Å². The highest BCUT2D eigenvalue weighted by Gasteiger charge is 2.82. The van der Waals surface area contributed by atoms with E-state index in [0.717, 1.165) is 18.4 Å². The summed E-state index contributed by atoms with van der Waals surface area (Å²) in [5, 5.41) is 0. The van der Waals surface area contributed by atoms with Crippen molar-refractivity contribution in [3.8, 4) is 0 Å². The van der Waals surface area contributed by atoms with Gasteiger partial charge in [0.05, 0.1) is 11.8 Å². The van der Waals surface area contributed by atoms with Crippen molar-refractivity contribution >= 4 is 5.97 Å². The first-order valence-electron chi connectivity index (χ1n) is 7.17. The maximum Gasteiger partial charge on any atom is 0.381 e. The van der Waals surface area contributed by atoms with Crippen LogP contribution < -0.4 is 0 Å². The molecule has 0 radical (unpaired) electrons. The van der Waals surface area contributed by atoms with Crippen molar-refractivity contribution in [2.24, 2.45) is 0 Å². The van der Waals surface area contributed by atoms with E-state index in [-0.39, 0.29) is 5.56 Å². The number of carbonyl (C=O) groups is 1. The summed E-state index contributed by atoms with van der Waals surface area (Å²) in [5.41, 5.74) is -0.248. The number of furan rings is 1. The molecule has 4 nitrogen and oxygen atoms in total. The molecule has 1 aromatic heterocycles. The number of esters is 1. The van der Waals surface area contributed by atoms with Gasteiger partial charge in [-0.15, -0.1) is 0 Å². The predicted molar refractivity (Wildman–Crippen MR) is 73.0 cm³/mol. The second-order valence-electron chi connectivity index (χ2n) is 5.46. The molecule has 1 fully saturated rings. The Bertz CT molecular complexity index is 775. The molecular weight excluding hydrogens is 370 g/mol. The van der Waals surface area contributed by atoms with Gasteiger partial charge in [0.2, 0.25) is 0 Å². The van der Waals surface area contributed by atoms with Crippen LogP contribution in [0.2, 0.25) is 0 Å². The van der Waals surface area contributed by atoms with Gasteiger partial charge in [0.1, 0.15) is 5.76 Å². The van der Waals surface area contributed by atoms with Gasteiger partial charge in [0.15, 0.2) is 6.10 Å². The predicted octanol–water partition coefficient (Wildman–Crippen LogP) is 4.44. The molecule has 3 rings (SSSR count). The van der Waals surface area contributed by atoms with E-state index in [1.54, 1.807) is 0 Å². The first-order valence-corrected chi connectivity index (χ1v) is 7.17. The Balaban J connectivity index is 1.95. The highest BCUT2D eigenvalue weighted by atomic mass is 19.3. The Hall–Kier alpha value is -2.49. The molecule has 1 saturated heterocycles. The van der Waals surface area contributed by atoms with Crippen molar-refractivity contribution in [2.45, 2.75) is 30.2 Å². The molecule has 2 atom stereocenters. The molecule has 0 bridgehead atoms. The standard InChI is InChI=1S/C16H10F6O4/c17-14(18)11(10-7-4-8-24-10)25-13(15(19,20)16(14,21)22)26-12(23)9-5-2-1-3-6-9/h1-8,11,13H/t11-,13-/m1/s1. The smallest absolute Gasteiger partial charge is 0.381 e. The number of benzene rings is 1. The van der Waals surface area contributed by atoms with Crippen LogP contribution in [0.15, 0.2) is 53.1 Å². The molecule has 0 aliphatic carbocycles. The number of rotatable bonds is 3. The van der Waals surface area contributed by atoms with Gasteiger partial charge in [-0.05, 0) is 24.3 Å². The van der Waals surface area contributed by atoms with Gasteiger partial charge >= 0.3 is 23.7 Å². The fourth-order valence-electron chi connectivity index (χ4n) is 2.36. The summed E-state index contributed by atoms with van der Waals surface area (Å²) in [6.45, 7) is 0. The molecule has 2 aromatic rings. The van der Waals surface area contributed by atoms with E-state index >= 15 is 0 Å². The van der Waals surface area contributed by atoms with Gasteiger partial charge in [0, 0.05) is 0 Å². The van der Waals surface area contributed by atoms with Crippen LogP contribution >= 0.6 is 0 Å². The van der Waals surface area contributed by atoms with Gasteiger partial charge < -0.3 is 13.9 Å². The summed E-state index contributed by atoms with van der Waals surface area (Å²) < 4.78 is 96.9. The largest absolute Gasteiger partial charge is 0.466 e. The quantitative estimate of drug-likeness (QED) is 0.584. The molecule has 1 aromatic carbocycles. The maximum atomic E-state index is 14.0. The highest BCUT2D eigenvalue weighted by Crippen LogP contribution is 2.58. The fraction of sp³-hybridized carbons (Fsp3) is 0.312. The Morgan fingerprint density at radius 1 is 0.923 bits per heavy atom. The lowest BCUT2D eigenvalue weighted by Gasteiger charge is -2.44. The average molecular weight is 380 g/mol. The molecule has 0 N–H and O–H groups in total. The number of alkyl halides is 6. The number of hydrogen-bond donors (Lipinski definition) is 0. The lowest BCUT2D eigenvalue weighted by molar-refractivity contribution is -0.438. The summed E-state index contributed by atoms with van der Waals surface area (Å²) >= 11 is 0. The van der Waals surface area contributed by atoms with Crippen molar-refractivity contribution in [3.05, 3.63) is 60.1 Å². The zero-order valence-corrected chi connectivity index (χ0v) is 12.7. The van der Waals surface area contributed by atoms with E-state index in [9.17, 15) is 31.1 Å². The van der Waals surface area contributed by atoms with Gasteiger partial charge in [-0.1, -0.05) is 18.2 Å². The van der Waals surface area contributed by atoms with E-state index in [0.29, 0.717) is 0 Å². The molecule has 26 heavy (non-hydrogen) atoms. The van der Waals surface area contributed by atoms with Gasteiger partial charge in [-0.3, -0.25) is 0 Å². The second kappa shape index (κ2) is 6.04. The molecule has 140 valence electrons. The Morgan fingerprint density at radius 3 is 2.15 bits per heavy atom. The van der Waals surface area contributed by atoms with Gasteiger partial charge in [-0.25, -0.2) is 4.79 Å². The van der Waals surface area contributed by atoms with Crippen molar-refractivity contribution in [1.29, 1.82) is 0 Å². The molecular formula is C16H10F6O4. The zero-order valence-electron chi connectivity index (χ0n) is 12.7. The molecule has 1 aliphatic heterocycles. The van der Waals surface area contributed by atoms with Crippen molar-refractivity contribution < 1.29 is 45.0 Å². The summed E-state index contributed by atoms with van der Waals surface area (Å²) in [5.74, 6) is -18.9. The van der Waals surface area contributed by atoms with Crippen LogP contribution in [-0.2, 0) is 9.47 Å². The first kappa shape index (κ1) is 18.3. The first-order chi connectivity index (χ1) is 12.1. The van der Waals surface area contributed by atoms with Crippen LogP contribution in [-0.4, -0.2) is 30.0 Å². The lowest BCUT2D eigenvalue weighted by atomic mass is 9.94.